The highest BCUT2D eigenvalue weighted by atomic mass is 19.4. The minimum absolute atomic E-state index is 0.186. The normalized spacial score (nSPS) is 26.7. The third kappa shape index (κ3) is 14.3. The van der Waals surface area contributed by atoms with Crippen LogP contribution in [0.5, 0.6) is 0 Å². The summed E-state index contributed by atoms with van der Waals surface area (Å²) in [7, 11) is 0. The summed E-state index contributed by atoms with van der Waals surface area (Å²) in [4.78, 5) is 69.9. The zero-order valence-corrected chi connectivity index (χ0v) is 38.9. The maximum absolute atomic E-state index is 14.0. The first-order valence-corrected chi connectivity index (χ1v) is 21.0. The second-order valence-corrected chi connectivity index (χ2v) is 18.5. The lowest BCUT2D eigenvalue weighted by Gasteiger charge is -2.39. The largest absolute Gasteiger partial charge is 0.462 e. The third-order valence-corrected chi connectivity index (χ3v) is 12.1. The van der Waals surface area contributed by atoms with Crippen molar-refractivity contribution < 1.29 is 107 Å². The number of halogens is 8. The summed E-state index contributed by atoms with van der Waals surface area (Å²) in [6.45, 7) is 16.0. The predicted octanol–water partition coefficient (Wildman–Crippen LogP) is 7.38. The van der Waals surface area contributed by atoms with E-state index in [1.165, 1.54) is 13.8 Å². The van der Waals surface area contributed by atoms with Crippen LogP contribution >= 0.6 is 0 Å². The first-order valence-electron chi connectivity index (χ1n) is 21.0. The van der Waals surface area contributed by atoms with Crippen LogP contribution in [0.15, 0.2) is 0 Å². The van der Waals surface area contributed by atoms with E-state index < -0.39 is 88.2 Å². The zero-order valence-electron chi connectivity index (χ0n) is 38.9. The number of carbonyl (C=O) groups is 6. The second kappa shape index (κ2) is 21.4. The molecule has 3 fully saturated rings. The van der Waals surface area contributed by atoms with Crippen LogP contribution in [-0.2, 0) is 61.9 Å². The number of alkyl halides is 8. The van der Waals surface area contributed by atoms with Gasteiger partial charge in [0.2, 0.25) is 5.60 Å². The van der Waals surface area contributed by atoms with Gasteiger partial charge in [-0.2, -0.15) is 35.1 Å². The maximum atomic E-state index is 14.0. The molecule has 378 valence electrons. The Balaban J connectivity index is 0.000000523. The molecule has 65 heavy (non-hydrogen) atoms. The maximum Gasteiger partial charge on any atom is 0.449 e. The molecule has 2 aliphatic heterocycles. The Morgan fingerprint density at radius 2 is 1.17 bits per heavy atom. The molecule has 23 heteroatoms. The Morgan fingerprint density at radius 3 is 1.54 bits per heavy atom. The van der Waals surface area contributed by atoms with Crippen molar-refractivity contribution in [2.45, 2.75) is 194 Å². The van der Waals surface area contributed by atoms with Gasteiger partial charge in [-0.05, 0) is 107 Å². The molecule has 0 bridgehead atoms. The van der Waals surface area contributed by atoms with E-state index in [1.54, 1.807) is 27.7 Å². The summed E-state index contributed by atoms with van der Waals surface area (Å²) in [6.07, 6.45) is -7.73. The Morgan fingerprint density at radius 1 is 0.723 bits per heavy atom. The smallest absolute Gasteiger partial charge is 0.449 e. The molecule has 0 amide bonds. The van der Waals surface area contributed by atoms with Crippen LogP contribution in [0.1, 0.15) is 141 Å². The zero-order chi connectivity index (χ0) is 51.1. The highest BCUT2D eigenvalue weighted by Crippen LogP contribution is 2.55. The summed E-state index contributed by atoms with van der Waals surface area (Å²) >= 11 is 0. The number of aliphatic hydroxyl groups is 2. The first-order chi connectivity index (χ1) is 29.2. The fourth-order valence-corrected chi connectivity index (χ4v) is 5.51. The molecule has 2 heterocycles. The van der Waals surface area contributed by atoms with Crippen molar-refractivity contribution in [1.29, 1.82) is 0 Å². The first kappa shape index (κ1) is 59.2. The minimum atomic E-state index is -5.74. The number of rotatable bonds is 14. The summed E-state index contributed by atoms with van der Waals surface area (Å²) in [5.74, 6) is -14.5. The molecule has 1 aliphatic carbocycles. The van der Waals surface area contributed by atoms with Crippen LogP contribution in [-0.4, -0.2) is 119 Å². The van der Waals surface area contributed by atoms with Crippen LogP contribution < -0.4 is 0 Å². The van der Waals surface area contributed by atoms with Gasteiger partial charge < -0.3 is 43.4 Å². The van der Waals surface area contributed by atoms with Crippen LogP contribution in [0.25, 0.3) is 0 Å². The van der Waals surface area contributed by atoms with E-state index in [2.05, 4.69) is 14.2 Å². The average molecular weight is 961 g/mol. The van der Waals surface area contributed by atoms with Gasteiger partial charge in [0.05, 0.1) is 29.3 Å². The molecule has 0 aromatic rings. The van der Waals surface area contributed by atoms with Crippen LogP contribution in [0.4, 0.5) is 35.1 Å². The van der Waals surface area contributed by atoms with E-state index in [0.717, 1.165) is 0 Å². The van der Waals surface area contributed by atoms with Gasteiger partial charge in [0, 0.05) is 0 Å². The van der Waals surface area contributed by atoms with Gasteiger partial charge in [-0.25, -0.2) is 9.59 Å². The van der Waals surface area contributed by atoms with Gasteiger partial charge in [0.15, 0.2) is 6.61 Å². The summed E-state index contributed by atoms with van der Waals surface area (Å²) in [5.41, 5.74) is -9.74. The van der Waals surface area contributed by atoms with Crippen molar-refractivity contribution in [2.24, 2.45) is 16.2 Å². The van der Waals surface area contributed by atoms with Crippen molar-refractivity contribution in [1.82, 2.24) is 0 Å². The molecule has 3 rings (SSSR count). The lowest BCUT2D eigenvalue weighted by Crippen LogP contribution is -2.63. The summed E-state index contributed by atoms with van der Waals surface area (Å²) in [5, 5.41) is 18.4. The molecular weight excluding hydrogens is 896 g/mol. The summed E-state index contributed by atoms with van der Waals surface area (Å²) in [6, 6.07) is 0. The number of carbonyl (C=O) groups excluding carboxylic acids is 6. The average Bonchev–Trinajstić information content (AvgIpc) is 3.70. The Kier molecular flexibility index (Phi) is 19.5. The molecule has 2 N–H and O–H groups in total. The predicted molar refractivity (Wildman–Crippen MR) is 209 cm³/mol. The van der Waals surface area contributed by atoms with Gasteiger partial charge in [-0.3, -0.25) is 19.2 Å². The fraction of sp³-hybridized carbons (Fsp3) is 0.857. The van der Waals surface area contributed by atoms with Crippen LogP contribution in [0.3, 0.4) is 0 Å². The highest BCUT2D eigenvalue weighted by molar-refractivity contribution is 5.83. The monoisotopic (exact) mass is 960 g/mol. The van der Waals surface area contributed by atoms with E-state index in [1.807, 2.05) is 27.7 Å². The van der Waals surface area contributed by atoms with Crippen molar-refractivity contribution in [3.63, 3.8) is 0 Å². The van der Waals surface area contributed by atoms with E-state index in [0.29, 0.717) is 51.9 Å². The number of hydrogen-bond acceptors (Lipinski definition) is 15. The Hall–Kier alpha value is -3.86. The molecule has 3 aliphatic rings. The van der Waals surface area contributed by atoms with Gasteiger partial charge in [0.1, 0.15) is 24.4 Å². The van der Waals surface area contributed by atoms with Crippen molar-refractivity contribution in [3.05, 3.63) is 0 Å². The third-order valence-electron chi connectivity index (χ3n) is 12.1. The number of hydrogen-bond donors (Lipinski definition) is 2. The van der Waals surface area contributed by atoms with Gasteiger partial charge in [-0.1, -0.05) is 27.7 Å². The van der Waals surface area contributed by atoms with Crippen LogP contribution in [0, 0.1) is 16.2 Å². The molecular formula is C42H64F8O15. The molecule has 4 unspecified atom stereocenters. The second-order valence-electron chi connectivity index (χ2n) is 18.5. The SMILES string of the molecule is CCC(C)(C)C(=O)OC1(C)COC(O)(C(F)(F)F)C1(F)F.CCC(C)(C)C(=O)OC1COC(=O)C1.CCC1(OC(=O)COC(=O)C(C)(O)C(F)(F)F)CCC(OC(=O)C(C)(C)CC)CC1. The van der Waals surface area contributed by atoms with Crippen molar-refractivity contribution in [2.75, 3.05) is 19.8 Å². The standard InChI is InChI=1S/C20H31F3O7.C12H17F5O4.C10H16O4/c1-6-17(3,4)15(25)29-13-8-10-19(7-2,11-9-13)30-14(24)12-28-16(26)18(5,27)20(21,22)23;1-5-8(2,3)7(18)21-9(4)6-20-11(19,10(9,13)14)12(15,16)17;1-4-10(2,3)9(12)14-7-5-8(11)13-6-7/h13,27H,6-12H2,1-5H3;19H,5-6H2,1-4H3;7H,4-6H2,1-3H3. The molecule has 0 radical (unpaired) electrons. The molecule has 15 nitrogen and oxygen atoms in total. The van der Waals surface area contributed by atoms with Gasteiger partial charge in [-0.15, -0.1) is 0 Å². The van der Waals surface area contributed by atoms with E-state index in [-0.39, 0.29) is 56.5 Å². The minimum Gasteiger partial charge on any atom is -0.462 e. The van der Waals surface area contributed by atoms with E-state index >= 15 is 0 Å². The Bertz CT molecular complexity index is 1680. The Labute approximate surface area is 372 Å². The lowest BCUT2D eigenvalue weighted by molar-refractivity contribution is -0.409. The van der Waals surface area contributed by atoms with Crippen molar-refractivity contribution >= 4 is 35.8 Å². The summed E-state index contributed by atoms with van der Waals surface area (Å²) < 4.78 is 137. The molecule has 2 saturated heterocycles. The molecule has 0 aromatic heterocycles. The topological polar surface area (TPSA) is 207 Å². The van der Waals surface area contributed by atoms with E-state index in [9.17, 15) is 74.1 Å². The molecule has 1 saturated carbocycles. The highest BCUT2D eigenvalue weighted by Gasteiger charge is 2.83. The fourth-order valence-electron chi connectivity index (χ4n) is 5.51. The van der Waals surface area contributed by atoms with Gasteiger partial charge >= 0.3 is 59.9 Å². The quantitative estimate of drug-likeness (QED) is 0.0990. The molecule has 0 aromatic carbocycles. The number of ether oxygens (including phenoxy) is 7. The number of cyclic esters (lactones) is 1. The lowest BCUT2D eigenvalue weighted by atomic mass is 9.81. The van der Waals surface area contributed by atoms with Gasteiger partial charge in [0.25, 0.3) is 5.60 Å². The van der Waals surface area contributed by atoms with E-state index in [4.69, 9.17) is 18.9 Å². The van der Waals surface area contributed by atoms with Crippen LogP contribution in [0.2, 0.25) is 0 Å². The molecule has 4 atom stereocenters. The van der Waals surface area contributed by atoms with Crippen molar-refractivity contribution in [3.8, 4) is 0 Å². The number of esters is 6. The molecule has 0 spiro atoms.